The third kappa shape index (κ3) is 2.85. The van der Waals surface area contributed by atoms with E-state index >= 15 is 0 Å². The Bertz CT molecular complexity index is 595. The van der Waals surface area contributed by atoms with Crippen molar-refractivity contribution in [1.82, 2.24) is 20.1 Å². The van der Waals surface area contributed by atoms with Crippen molar-refractivity contribution in [2.45, 2.75) is 32.9 Å². The lowest BCUT2D eigenvalue weighted by Gasteiger charge is -2.18. The van der Waals surface area contributed by atoms with E-state index in [1.165, 1.54) is 6.33 Å². The summed E-state index contributed by atoms with van der Waals surface area (Å²) in [7, 11) is 1.75. The minimum absolute atomic E-state index is 0.274. The van der Waals surface area contributed by atoms with E-state index in [1.54, 1.807) is 24.7 Å². The molecule has 0 saturated heterocycles. The highest BCUT2D eigenvalue weighted by atomic mass is 19.1. The van der Waals surface area contributed by atoms with E-state index in [9.17, 15) is 8.78 Å². The van der Waals surface area contributed by atoms with Gasteiger partial charge in [-0.15, -0.1) is 0 Å². The number of hydrogen-bond acceptors (Lipinski definition) is 3. The molecule has 1 aromatic carbocycles. The molecule has 0 spiro atoms. The molecule has 1 aromatic heterocycles. The van der Waals surface area contributed by atoms with E-state index in [-0.39, 0.29) is 6.04 Å². The number of nitrogens with one attached hydrogen (secondary N) is 1. The maximum absolute atomic E-state index is 14.0. The van der Waals surface area contributed by atoms with Crippen LogP contribution in [0.3, 0.4) is 0 Å². The summed E-state index contributed by atoms with van der Waals surface area (Å²) in [5.74, 6) is -0.305. The fourth-order valence-corrected chi connectivity index (χ4v) is 2.21. The van der Waals surface area contributed by atoms with Crippen LogP contribution in [0.1, 0.15) is 29.9 Å². The molecule has 0 aliphatic rings. The summed E-state index contributed by atoms with van der Waals surface area (Å²) in [6.07, 6.45) is 1.98. The summed E-state index contributed by atoms with van der Waals surface area (Å²) >= 11 is 0. The summed E-state index contributed by atoms with van der Waals surface area (Å²) in [4.78, 5) is 4.19. The standard InChI is InChI=1S/C14H18F2N4/c1-4-20-14(18-8-19-20)7-13(17-3)10-5-9(2)11(15)6-12(10)16/h5-6,8,13,17H,4,7H2,1-3H3. The average Bonchev–Trinajstić information content (AvgIpc) is 2.87. The Kier molecular flexibility index (Phi) is 4.44. The molecule has 1 unspecified atom stereocenters. The fourth-order valence-electron chi connectivity index (χ4n) is 2.21. The molecule has 0 fully saturated rings. The van der Waals surface area contributed by atoms with Crippen molar-refractivity contribution in [3.05, 3.63) is 47.0 Å². The fraction of sp³-hybridized carbons (Fsp3) is 0.429. The molecule has 6 heteroatoms. The SMILES string of the molecule is CCn1ncnc1CC(NC)c1cc(C)c(F)cc1F. The van der Waals surface area contributed by atoms with Crippen molar-refractivity contribution < 1.29 is 8.78 Å². The molecule has 1 N–H and O–H groups in total. The van der Waals surface area contributed by atoms with Crippen molar-refractivity contribution in [2.75, 3.05) is 7.05 Å². The second-order valence-electron chi connectivity index (χ2n) is 4.66. The molecule has 0 amide bonds. The van der Waals surface area contributed by atoms with E-state index in [4.69, 9.17) is 0 Å². The maximum atomic E-state index is 14.0. The highest BCUT2D eigenvalue weighted by Gasteiger charge is 2.19. The molecule has 1 heterocycles. The summed E-state index contributed by atoms with van der Waals surface area (Å²) in [6, 6.07) is 2.20. The zero-order valence-corrected chi connectivity index (χ0v) is 11.8. The lowest BCUT2D eigenvalue weighted by Crippen LogP contribution is -2.22. The van der Waals surface area contributed by atoms with Gasteiger partial charge in [0, 0.05) is 30.6 Å². The summed E-state index contributed by atoms with van der Waals surface area (Å²) < 4.78 is 29.1. The van der Waals surface area contributed by atoms with Crippen molar-refractivity contribution in [3.63, 3.8) is 0 Å². The number of halogens is 2. The monoisotopic (exact) mass is 280 g/mol. The second kappa shape index (κ2) is 6.09. The van der Waals surface area contributed by atoms with Crippen molar-refractivity contribution in [1.29, 1.82) is 0 Å². The van der Waals surface area contributed by atoms with Gasteiger partial charge in [-0.2, -0.15) is 5.10 Å². The first-order valence-corrected chi connectivity index (χ1v) is 6.56. The van der Waals surface area contributed by atoms with Crippen LogP contribution in [0.5, 0.6) is 0 Å². The first-order chi connectivity index (χ1) is 9.56. The van der Waals surface area contributed by atoms with Crippen LogP contribution in [-0.4, -0.2) is 21.8 Å². The summed E-state index contributed by atoms with van der Waals surface area (Å²) in [6.45, 7) is 4.30. The smallest absolute Gasteiger partial charge is 0.138 e. The quantitative estimate of drug-likeness (QED) is 0.914. The van der Waals surface area contributed by atoms with Gasteiger partial charge in [0.1, 0.15) is 23.8 Å². The predicted molar refractivity (Wildman–Crippen MR) is 72.3 cm³/mol. The first-order valence-electron chi connectivity index (χ1n) is 6.56. The van der Waals surface area contributed by atoms with Crippen LogP contribution in [-0.2, 0) is 13.0 Å². The Morgan fingerprint density at radius 3 is 2.70 bits per heavy atom. The van der Waals surface area contributed by atoms with Crippen molar-refractivity contribution in [3.8, 4) is 0 Å². The topological polar surface area (TPSA) is 42.7 Å². The van der Waals surface area contributed by atoms with Crippen LogP contribution in [0.2, 0.25) is 0 Å². The van der Waals surface area contributed by atoms with Gasteiger partial charge in [0.25, 0.3) is 0 Å². The van der Waals surface area contributed by atoms with Crippen molar-refractivity contribution in [2.24, 2.45) is 0 Å². The molecule has 0 radical (unpaired) electrons. The van der Waals surface area contributed by atoms with Crippen LogP contribution >= 0.6 is 0 Å². The van der Waals surface area contributed by atoms with Gasteiger partial charge in [-0.1, -0.05) is 0 Å². The molecule has 108 valence electrons. The van der Waals surface area contributed by atoms with E-state index in [0.29, 0.717) is 24.1 Å². The lowest BCUT2D eigenvalue weighted by atomic mass is 10.0. The lowest BCUT2D eigenvalue weighted by molar-refractivity contribution is 0.497. The molecule has 2 aromatic rings. The molecular formula is C14H18F2N4. The van der Waals surface area contributed by atoms with Crippen LogP contribution in [0.25, 0.3) is 0 Å². The van der Waals surface area contributed by atoms with E-state index < -0.39 is 11.6 Å². The van der Waals surface area contributed by atoms with Gasteiger partial charge in [-0.25, -0.2) is 13.8 Å². The highest BCUT2D eigenvalue weighted by molar-refractivity contribution is 5.28. The Labute approximate surface area is 116 Å². The summed E-state index contributed by atoms with van der Waals surface area (Å²) in [5.41, 5.74) is 0.871. The van der Waals surface area contributed by atoms with Crippen LogP contribution in [0.15, 0.2) is 18.5 Å². The van der Waals surface area contributed by atoms with Gasteiger partial charge in [-0.05, 0) is 32.5 Å². The molecule has 0 bridgehead atoms. The number of likely N-dealkylation sites (N-methyl/N-ethyl adjacent to an activating group) is 1. The van der Waals surface area contributed by atoms with Crippen LogP contribution < -0.4 is 5.32 Å². The molecule has 0 aliphatic carbocycles. The first kappa shape index (κ1) is 14.6. The average molecular weight is 280 g/mol. The number of rotatable bonds is 5. The van der Waals surface area contributed by atoms with Crippen molar-refractivity contribution >= 4 is 0 Å². The molecular weight excluding hydrogens is 262 g/mol. The van der Waals surface area contributed by atoms with Gasteiger partial charge in [0.05, 0.1) is 0 Å². The Balaban J connectivity index is 2.31. The zero-order chi connectivity index (χ0) is 14.7. The van der Waals surface area contributed by atoms with Crippen LogP contribution in [0.4, 0.5) is 8.78 Å². The number of aryl methyl sites for hydroxylation is 2. The van der Waals surface area contributed by atoms with Gasteiger partial charge in [0.15, 0.2) is 0 Å². The van der Waals surface area contributed by atoms with E-state index in [2.05, 4.69) is 15.4 Å². The minimum atomic E-state index is -0.546. The number of benzene rings is 1. The molecule has 4 nitrogen and oxygen atoms in total. The highest BCUT2D eigenvalue weighted by Crippen LogP contribution is 2.23. The number of hydrogen-bond donors (Lipinski definition) is 1. The third-order valence-corrected chi connectivity index (χ3v) is 3.38. The Morgan fingerprint density at radius 2 is 2.05 bits per heavy atom. The van der Waals surface area contributed by atoms with Gasteiger partial charge in [-0.3, -0.25) is 4.68 Å². The van der Waals surface area contributed by atoms with E-state index in [1.807, 2.05) is 6.92 Å². The zero-order valence-electron chi connectivity index (χ0n) is 11.8. The summed E-state index contributed by atoms with van der Waals surface area (Å²) in [5, 5.41) is 7.15. The van der Waals surface area contributed by atoms with Gasteiger partial charge >= 0.3 is 0 Å². The maximum Gasteiger partial charge on any atom is 0.138 e. The molecule has 2 rings (SSSR count). The molecule has 0 aliphatic heterocycles. The number of aromatic nitrogens is 3. The van der Waals surface area contributed by atoms with Gasteiger partial charge < -0.3 is 5.32 Å². The van der Waals surface area contributed by atoms with Crippen LogP contribution in [0, 0.1) is 18.6 Å². The third-order valence-electron chi connectivity index (χ3n) is 3.38. The normalized spacial score (nSPS) is 12.7. The molecule has 20 heavy (non-hydrogen) atoms. The molecule has 0 saturated carbocycles. The van der Waals surface area contributed by atoms with Gasteiger partial charge in [0.2, 0.25) is 0 Å². The predicted octanol–water partition coefficient (Wildman–Crippen LogP) is 2.39. The van der Waals surface area contributed by atoms with E-state index in [0.717, 1.165) is 11.9 Å². The second-order valence-corrected chi connectivity index (χ2v) is 4.66. The minimum Gasteiger partial charge on any atom is -0.313 e. The largest absolute Gasteiger partial charge is 0.313 e. The Morgan fingerprint density at radius 1 is 1.30 bits per heavy atom. The molecule has 1 atom stereocenters. The number of nitrogens with zero attached hydrogens (tertiary/aromatic N) is 3. The Hall–Kier alpha value is -1.82.